The van der Waals surface area contributed by atoms with Gasteiger partial charge in [0.15, 0.2) is 0 Å². The minimum atomic E-state index is 0.500. The third kappa shape index (κ3) is 64.5. The van der Waals surface area contributed by atoms with Gasteiger partial charge in [-0.1, -0.05) is 116 Å². The van der Waals surface area contributed by atoms with E-state index >= 15 is 0 Å². The number of nitrogens with zero attached hydrogens (tertiary/aromatic N) is 3. The molecule has 6 nitrogen and oxygen atoms in total. The maximum Gasteiger partial charge on any atom is 0.0222 e. The fraction of sp³-hybridized carbons (Fsp3) is 0.857. The summed E-state index contributed by atoms with van der Waals surface area (Å²) in [6, 6.07) is 1.18. The molecule has 0 aliphatic rings. The van der Waals surface area contributed by atoms with Crippen LogP contribution in [0.1, 0.15) is 110 Å². The summed E-state index contributed by atoms with van der Waals surface area (Å²) in [6.45, 7) is 2.29. The molecule has 161 valence electrons. The van der Waals surface area contributed by atoms with Crippen LogP contribution in [-0.4, -0.2) is 28.5 Å². The van der Waals surface area contributed by atoms with Crippen LogP contribution in [0.15, 0.2) is 0 Å². The molecule has 0 saturated heterocycles. The zero-order chi connectivity index (χ0) is 22.1. The van der Waals surface area contributed by atoms with E-state index in [2.05, 4.69) is 17.2 Å². The number of carbonyl (C=O) groups excluding carboxylic acids is 3. The van der Waals surface area contributed by atoms with Crippen molar-refractivity contribution in [3.8, 4) is 0 Å². The van der Waals surface area contributed by atoms with E-state index in [9.17, 15) is 0 Å². The molecule has 0 aromatic rings. The van der Waals surface area contributed by atoms with Gasteiger partial charge < -0.3 is 16.2 Å². The van der Waals surface area contributed by atoms with Crippen LogP contribution in [-0.2, 0) is 14.4 Å². The molecule has 0 saturated carbocycles. The first-order valence-electron chi connectivity index (χ1n) is 10.3. The highest BCUT2D eigenvalue weighted by Gasteiger charge is 1.94. The summed E-state index contributed by atoms with van der Waals surface area (Å²) in [4.78, 5) is 24.7. The van der Waals surface area contributed by atoms with Crippen molar-refractivity contribution in [1.29, 1.82) is 0 Å². The van der Waals surface area contributed by atoms with Crippen LogP contribution in [0.4, 0.5) is 0 Å². The lowest BCUT2D eigenvalue weighted by Gasteiger charge is -2.03. The molecule has 0 unspecified atom stereocenters. The average Bonchev–Trinajstić information content (AvgIpc) is 2.67. The summed E-state index contributed by atoms with van der Waals surface area (Å²) in [5.41, 5.74) is 0. The lowest BCUT2D eigenvalue weighted by atomic mass is 10.0. The Morgan fingerprint density at radius 1 is 0.500 bits per heavy atom. The number of hydrogen-bond acceptors (Lipinski definition) is 3. The predicted octanol–water partition coefficient (Wildman–Crippen LogP) is 6.51. The van der Waals surface area contributed by atoms with E-state index in [1.807, 2.05) is 0 Å². The lowest BCUT2D eigenvalue weighted by molar-refractivity contribution is 0.531. The largest absolute Gasteiger partial charge is 0.724 e. The molecule has 0 heterocycles. The Bertz CT molecular complexity index is 317. The van der Waals surface area contributed by atoms with Gasteiger partial charge in [-0.15, -0.1) is 0 Å². The second-order valence-electron chi connectivity index (χ2n) is 6.33. The Labute approximate surface area is 175 Å². The first-order valence-corrected chi connectivity index (χ1v) is 11.1. The molecule has 3 radical (unpaired) electrons. The minimum Gasteiger partial charge on any atom is -0.724 e. The van der Waals surface area contributed by atoms with Gasteiger partial charge in [0.2, 0.25) is 0 Å². The standard InChI is InChI=1S/C18H37Si.3CNO/c1-2-3-4-5-6-7-8-9-10-11-12-13-14-15-16-17-18-19;3*2-1-3/h2-18H2,1H3;;;/q;3*-1. The molecule has 0 spiro atoms. The van der Waals surface area contributed by atoms with E-state index in [1.54, 1.807) is 0 Å². The molecule has 7 heteroatoms. The van der Waals surface area contributed by atoms with Gasteiger partial charge in [0.1, 0.15) is 0 Å². The van der Waals surface area contributed by atoms with Crippen LogP contribution >= 0.6 is 0 Å². The molecule has 0 aliphatic carbocycles. The third-order valence-corrected chi connectivity index (χ3v) is 4.38. The Hall–Kier alpha value is -1.64. The summed E-state index contributed by atoms with van der Waals surface area (Å²) in [5.74, 6) is 0. The van der Waals surface area contributed by atoms with E-state index in [-0.39, 0.29) is 0 Å². The van der Waals surface area contributed by atoms with Crippen LogP contribution in [0.5, 0.6) is 0 Å². The summed E-state index contributed by atoms with van der Waals surface area (Å²) in [6.07, 6.45) is 24.8. The van der Waals surface area contributed by atoms with Gasteiger partial charge in [0, 0.05) is 10.2 Å². The molecule has 0 aliphatic heterocycles. The average molecular weight is 408 g/mol. The lowest BCUT2D eigenvalue weighted by Crippen LogP contribution is -1.83. The second-order valence-corrected chi connectivity index (χ2v) is 6.83. The fourth-order valence-corrected chi connectivity index (χ4v) is 2.92. The Balaban J connectivity index is -0.000000269. The van der Waals surface area contributed by atoms with Crippen molar-refractivity contribution in [1.82, 2.24) is 0 Å². The van der Waals surface area contributed by atoms with Crippen LogP contribution in [0.25, 0.3) is 16.2 Å². The van der Waals surface area contributed by atoms with Crippen molar-refractivity contribution in [2.24, 2.45) is 0 Å². The van der Waals surface area contributed by atoms with Crippen molar-refractivity contribution in [3.63, 3.8) is 0 Å². The normalized spacial score (nSPS) is 8.36. The number of rotatable bonds is 16. The maximum atomic E-state index is 8.24. The summed E-state index contributed by atoms with van der Waals surface area (Å²) >= 11 is 0. The van der Waals surface area contributed by atoms with E-state index in [0.717, 1.165) is 0 Å². The molecule has 0 bridgehead atoms. The molecule has 0 aromatic carbocycles. The van der Waals surface area contributed by atoms with E-state index < -0.39 is 0 Å². The van der Waals surface area contributed by atoms with Crippen molar-refractivity contribution >= 4 is 28.5 Å². The molecule has 0 fully saturated rings. The van der Waals surface area contributed by atoms with Crippen LogP contribution < -0.4 is 0 Å². The van der Waals surface area contributed by atoms with Gasteiger partial charge in [-0.3, -0.25) is 14.4 Å². The molecule has 0 rings (SSSR count). The summed E-state index contributed by atoms with van der Waals surface area (Å²) < 4.78 is 0. The van der Waals surface area contributed by atoms with Crippen molar-refractivity contribution in [2.45, 2.75) is 116 Å². The third-order valence-electron chi connectivity index (χ3n) is 4.03. The minimum absolute atomic E-state index is 0.500. The first kappa shape index (κ1) is 33.9. The predicted molar refractivity (Wildman–Crippen MR) is 117 cm³/mol. The second kappa shape index (κ2) is 44.6. The zero-order valence-corrected chi connectivity index (χ0v) is 18.6. The quantitative estimate of drug-likeness (QED) is 0.125. The monoisotopic (exact) mass is 407 g/mol. The highest BCUT2D eigenvalue weighted by atomic mass is 28.1. The Morgan fingerprint density at radius 3 is 0.857 bits per heavy atom. The van der Waals surface area contributed by atoms with Crippen molar-refractivity contribution in [3.05, 3.63) is 16.2 Å². The molecular formula is C21H37N3O3Si-3. The Kier molecular flexibility index (Phi) is 54.1. The Morgan fingerprint density at radius 2 is 0.679 bits per heavy atom. The van der Waals surface area contributed by atoms with Gasteiger partial charge in [-0.25, -0.2) is 0 Å². The summed E-state index contributed by atoms with van der Waals surface area (Å²) in [5, 5.41) is 20.3. The van der Waals surface area contributed by atoms with Gasteiger partial charge in [0.05, 0.1) is 0 Å². The molecule has 0 N–H and O–H groups in total. The molecule has 0 atom stereocenters. The summed E-state index contributed by atoms with van der Waals surface area (Å²) in [7, 11) is 3.53. The topological polar surface area (TPSA) is 118 Å². The van der Waals surface area contributed by atoms with E-state index in [0.29, 0.717) is 18.2 Å². The zero-order valence-electron chi connectivity index (χ0n) is 17.6. The highest BCUT2D eigenvalue weighted by Crippen LogP contribution is 2.13. The number of unbranched alkanes of at least 4 members (excludes halogenated alkanes) is 15. The van der Waals surface area contributed by atoms with Crippen molar-refractivity contribution in [2.75, 3.05) is 0 Å². The fourth-order valence-electron chi connectivity index (χ4n) is 2.67. The smallest absolute Gasteiger partial charge is 0.0222 e. The number of hydrogen-bond donors (Lipinski definition) is 0. The molecular weight excluding hydrogens is 370 g/mol. The SMILES string of the molecule is CCCCCCCCCCCCCCCCCC[Si].[N-]=C=O.[N-]=C=O.[N-]=C=O. The van der Waals surface area contributed by atoms with Gasteiger partial charge in [-0.05, 0) is 18.2 Å². The van der Waals surface area contributed by atoms with Gasteiger partial charge in [0.25, 0.3) is 0 Å². The first-order chi connectivity index (χ1) is 13.7. The molecule has 0 amide bonds. The molecule has 28 heavy (non-hydrogen) atoms. The highest BCUT2D eigenvalue weighted by molar-refractivity contribution is 6.08. The van der Waals surface area contributed by atoms with Gasteiger partial charge in [-0.2, -0.15) is 0 Å². The van der Waals surface area contributed by atoms with E-state index in [4.69, 9.17) is 30.6 Å². The van der Waals surface area contributed by atoms with Crippen LogP contribution in [0, 0.1) is 0 Å². The van der Waals surface area contributed by atoms with Gasteiger partial charge >= 0.3 is 0 Å². The number of isocyanates is 3. The van der Waals surface area contributed by atoms with E-state index in [1.165, 1.54) is 109 Å². The van der Waals surface area contributed by atoms with Crippen LogP contribution in [0.3, 0.4) is 0 Å². The van der Waals surface area contributed by atoms with Crippen molar-refractivity contribution < 1.29 is 14.4 Å². The molecule has 0 aromatic heterocycles. The van der Waals surface area contributed by atoms with Crippen LogP contribution in [0.2, 0.25) is 6.04 Å². The maximum absolute atomic E-state index is 8.24.